The highest BCUT2D eigenvalue weighted by atomic mass is 16.5. The Kier molecular flexibility index (Phi) is 8.98. The zero-order valence-corrected chi connectivity index (χ0v) is 21.6. The molecule has 2 fully saturated rings. The van der Waals surface area contributed by atoms with Crippen LogP contribution in [0.1, 0.15) is 50.0 Å². The van der Waals surface area contributed by atoms with E-state index in [1.54, 1.807) is 13.2 Å². The molecule has 9 heteroatoms. The number of hydrogen-bond acceptors (Lipinski definition) is 7. The number of benzene rings is 1. The molecule has 36 heavy (non-hydrogen) atoms. The van der Waals surface area contributed by atoms with E-state index in [2.05, 4.69) is 24.1 Å². The second-order valence-corrected chi connectivity index (χ2v) is 9.73. The van der Waals surface area contributed by atoms with Gasteiger partial charge < -0.3 is 24.4 Å². The van der Waals surface area contributed by atoms with Gasteiger partial charge >= 0.3 is 0 Å². The Morgan fingerprint density at radius 2 is 1.97 bits per heavy atom. The molecule has 2 saturated heterocycles. The van der Waals surface area contributed by atoms with Crippen LogP contribution < -0.4 is 14.8 Å². The van der Waals surface area contributed by atoms with E-state index in [-0.39, 0.29) is 17.9 Å². The summed E-state index contributed by atoms with van der Waals surface area (Å²) < 4.78 is 17.2. The fraction of sp³-hybridized carbons (Fsp3) is 0.593. The molecule has 0 spiro atoms. The lowest BCUT2D eigenvalue weighted by Crippen LogP contribution is -2.49. The predicted molar refractivity (Wildman–Crippen MR) is 138 cm³/mol. The summed E-state index contributed by atoms with van der Waals surface area (Å²) in [6.07, 6.45) is 3.50. The first-order chi connectivity index (χ1) is 17.5. The minimum absolute atomic E-state index is 0.0773. The Balaban J connectivity index is 1.55. The largest absolute Gasteiger partial charge is 0.490 e. The maximum Gasteiger partial charge on any atom is 0.270 e. The van der Waals surface area contributed by atoms with Crippen molar-refractivity contribution in [3.8, 4) is 11.5 Å². The molecule has 2 aliphatic rings. The standard InChI is InChI=1S/C27H38N4O5/c1-19(2)31-12-5-7-20(18-31)28-27(33)22-17-24(36-16-15-34-3)21-8-4-9-23(26(21)29-22)35-14-13-30-11-6-10-25(30)32/h4,8-9,17,19-20H,5-7,10-16,18H2,1-3H3,(H,28,33)/t20-/m1/s1. The third-order valence-electron chi connectivity index (χ3n) is 6.85. The number of hydrogen-bond donors (Lipinski definition) is 1. The van der Waals surface area contributed by atoms with E-state index in [0.29, 0.717) is 61.5 Å². The second-order valence-electron chi connectivity index (χ2n) is 9.73. The van der Waals surface area contributed by atoms with Crippen LogP contribution in [0, 0.1) is 0 Å². The summed E-state index contributed by atoms with van der Waals surface area (Å²) in [4.78, 5) is 34.1. The number of amides is 2. The number of likely N-dealkylation sites (tertiary alicyclic amines) is 2. The van der Waals surface area contributed by atoms with Gasteiger partial charge in [0, 0.05) is 50.2 Å². The number of para-hydroxylation sites is 1. The SMILES string of the molecule is COCCOc1cc(C(=O)N[C@@H]2CCCN(C(C)C)C2)nc2c(OCCN3CCCC3=O)cccc12. The summed E-state index contributed by atoms with van der Waals surface area (Å²) in [5.41, 5.74) is 0.861. The zero-order valence-electron chi connectivity index (χ0n) is 21.6. The van der Waals surface area contributed by atoms with Crippen LogP contribution in [0.2, 0.25) is 0 Å². The van der Waals surface area contributed by atoms with Gasteiger partial charge in [0.1, 0.15) is 35.9 Å². The monoisotopic (exact) mass is 498 g/mol. The van der Waals surface area contributed by atoms with Gasteiger partial charge in [-0.05, 0) is 51.8 Å². The van der Waals surface area contributed by atoms with Crippen molar-refractivity contribution in [1.82, 2.24) is 20.1 Å². The Bertz CT molecular complexity index is 1060. The predicted octanol–water partition coefficient (Wildman–Crippen LogP) is 2.86. The summed E-state index contributed by atoms with van der Waals surface area (Å²) in [5.74, 6) is 1.08. The van der Waals surface area contributed by atoms with Crippen molar-refractivity contribution in [3.63, 3.8) is 0 Å². The maximum absolute atomic E-state index is 13.3. The molecule has 1 atom stereocenters. The van der Waals surface area contributed by atoms with Crippen molar-refractivity contribution in [2.45, 2.75) is 51.6 Å². The van der Waals surface area contributed by atoms with Gasteiger partial charge in [0.2, 0.25) is 5.91 Å². The fourth-order valence-corrected chi connectivity index (χ4v) is 4.84. The molecule has 0 saturated carbocycles. The molecule has 2 aromatic rings. The number of ether oxygens (including phenoxy) is 3. The van der Waals surface area contributed by atoms with Gasteiger partial charge in [0.15, 0.2) is 0 Å². The molecule has 3 heterocycles. The van der Waals surface area contributed by atoms with Gasteiger partial charge in [0.25, 0.3) is 5.91 Å². The highest BCUT2D eigenvalue weighted by molar-refractivity contribution is 5.98. The van der Waals surface area contributed by atoms with Gasteiger partial charge in [-0.15, -0.1) is 0 Å². The minimum Gasteiger partial charge on any atom is -0.490 e. The lowest BCUT2D eigenvalue weighted by molar-refractivity contribution is -0.128. The zero-order chi connectivity index (χ0) is 25.5. The Morgan fingerprint density at radius 1 is 1.14 bits per heavy atom. The average Bonchev–Trinajstić information content (AvgIpc) is 3.28. The number of carbonyl (C=O) groups excluding carboxylic acids is 2. The summed E-state index contributed by atoms with van der Waals surface area (Å²) in [6.45, 7) is 8.68. The lowest BCUT2D eigenvalue weighted by Gasteiger charge is -2.35. The lowest BCUT2D eigenvalue weighted by atomic mass is 10.0. The third-order valence-corrected chi connectivity index (χ3v) is 6.85. The molecular weight excluding hydrogens is 460 g/mol. The van der Waals surface area contributed by atoms with E-state index < -0.39 is 0 Å². The van der Waals surface area contributed by atoms with Crippen LogP contribution in [0.15, 0.2) is 24.3 Å². The number of pyridine rings is 1. The smallest absolute Gasteiger partial charge is 0.270 e. The number of fused-ring (bicyclic) bond motifs is 1. The molecule has 0 radical (unpaired) electrons. The van der Waals surface area contributed by atoms with E-state index in [0.717, 1.165) is 44.3 Å². The third kappa shape index (κ3) is 6.44. The molecular formula is C27H38N4O5. The molecule has 0 bridgehead atoms. The van der Waals surface area contributed by atoms with Gasteiger partial charge in [-0.2, -0.15) is 0 Å². The topological polar surface area (TPSA) is 93.2 Å². The van der Waals surface area contributed by atoms with Crippen LogP contribution in [-0.4, -0.2) is 91.8 Å². The van der Waals surface area contributed by atoms with Crippen LogP contribution in [0.5, 0.6) is 11.5 Å². The summed E-state index contributed by atoms with van der Waals surface area (Å²) in [6, 6.07) is 7.84. The van der Waals surface area contributed by atoms with Crippen LogP contribution >= 0.6 is 0 Å². The van der Waals surface area contributed by atoms with Crippen LogP contribution in [0.4, 0.5) is 0 Å². The summed E-state index contributed by atoms with van der Waals surface area (Å²) >= 11 is 0. The number of piperidine rings is 1. The first-order valence-corrected chi connectivity index (χ1v) is 13.0. The molecule has 0 unspecified atom stereocenters. The van der Waals surface area contributed by atoms with Gasteiger partial charge in [-0.25, -0.2) is 4.98 Å². The molecule has 2 aliphatic heterocycles. The first-order valence-electron chi connectivity index (χ1n) is 13.0. The average molecular weight is 499 g/mol. The normalized spacial score (nSPS) is 18.7. The van der Waals surface area contributed by atoms with Crippen molar-refractivity contribution in [3.05, 3.63) is 30.0 Å². The van der Waals surface area contributed by atoms with Gasteiger partial charge in [0.05, 0.1) is 13.2 Å². The molecule has 2 amide bonds. The molecule has 1 aromatic heterocycles. The molecule has 4 rings (SSSR count). The number of rotatable bonds is 11. The van der Waals surface area contributed by atoms with Crippen molar-refractivity contribution >= 4 is 22.7 Å². The molecule has 1 N–H and O–H groups in total. The minimum atomic E-state index is -0.221. The van der Waals surface area contributed by atoms with Crippen molar-refractivity contribution < 1.29 is 23.8 Å². The van der Waals surface area contributed by atoms with Crippen molar-refractivity contribution in [2.24, 2.45) is 0 Å². The Hall–Kier alpha value is -2.91. The highest BCUT2D eigenvalue weighted by Crippen LogP contribution is 2.32. The molecule has 1 aromatic carbocycles. The quantitative estimate of drug-likeness (QED) is 0.476. The summed E-state index contributed by atoms with van der Waals surface area (Å²) in [5, 5.41) is 3.94. The Morgan fingerprint density at radius 3 is 2.72 bits per heavy atom. The second kappa shape index (κ2) is 12.4. The van der Waals surface area contributed by atoms with E-state index >= 15 is 0 Å². The number of aromatic nitrogens is 1. The molecule has 0 aliphatic carbocycles. The van der Waals surface area contributed by atoms with E-state index in [9.17, 15) is 9.59 Å². The van der Waals surface area contributed by atoms with E-state index in [1.807, 2.05) is 23.1 Å². The number of nitrogens with one attached hydrogen (secondary N) is 1. The van der Waals surface area contributed by atoms with Crippen molar-refractivity contribution in [1.29, 1.82) is 0 Å². The van der Waals surface area contributed by atoms with Crippen molar-refractivity contribution in [2.75, 3.05) is 53.1 Å². The molecule has 9 nitrogen and oxygen atoms in total. The van der Waals surface area contributed by atoms with Crippen LogP contribution in [-0.2, 0) is 9.53 Å². The number of carbonyl (C=O) groups is 2. The number of methoxy groups -OCH3 is 1. The van der Waals surface area contributed by atoms with Crippen LogP contribution in [0.25, 0.3) is 10.9 Å². The maximum atomic E-state index is 13.3. The first kappa shape index (κ1) is 26.2. The molecule has 196 valence electrons. The number of nitrogens with zero attached hydrogens (tertiary/aromatic N) is 3. The fourth-order valence-electron chi connectivity index (χ4n) is 4.84. The van der Waals surface area contributed by atoms with Crippen LogP contribution in [0.3, 0.4) is 0 Å². The van der Waals surface area contributed by atoms with E-state index in [4.69, 9.17) is 19.2 Å². The van der Waals surface area contributed by atoms with Gasteiger partial charge in [-0.3, -0.25) is 14.5 Å². The summed E-state index contributed by atoms with van der Waals surface area (Å²) in [7, 11) is 1.62. The highest BCUT2D eigenvalue weighted by Gasteiger charge is 2.25. The van der Waals surface area contributed by atoms with Gasteiger partial charge in [-0.1, -0.05) is 6.07 Å². The van der Waals surface area contributed by atoms with E-state index in [1.165, 1.54) is 0 Å². The Labute approximate surface area is 213 Å².